The average Bonchev–Trinajstić information content (AvgIpc) is 2.69. The first-order valence-corrected chi connectivity index (χ1v) is 8.77. The molecule has 0 aliphatic carbocycles. The molecule has 1 aromatic rings. The summed E-state index contributed by atoms with van der Waals surface area (Å²) in [6.45, 7) is 11.7. The van der Waals surface area contributed by atoms with E-state index in [2.05, 4.69) is 4.98 Å². The Kier molecular flexibility index (Phi) is 4.25. The molecule has 1 saturated heterocycles. The van der Waals surface area contributed by atoms with Gasteiger partial charge in [0.05, 0.1) is 23.3 Å². The van der Waals surface area contributed by atoms with Crippen LogP contribution in [-0.2, 0) is 20.5 Å². The van der Waals surface area contributed by atoms with Crippen molar-refractivity contribution < 1.29 is 19.2 Å². The van der Waals surface area contributed by atoms with Crippen molar-refractivity contribution in [3.63, 3.8) is 0 Å². The second-order valence-electron chi connectivity index (χ2n) is 8.63. The Balaban J connectivity index is 1.89. The minimum Gasteiger partial charge on any atom is -0.399 e. The van der Waals surface area contributed by atoms with E-state index in [-0.39, 0.29) is 12.5 Å². The van der Waals surface area contributed by atoms with Gasteiger partial charge in [0, 0.05) is 18.1 Å². The van der Waals surface area contributed by atoms with E-state index in [9.17, 15) is 9.90 Å². The molecule has 0 saturated carbocycles. The number of pyridine rings is 1. The summed E-state index contributed by atoms with van der Waals surface area (Å²) in [5.41, 5.74) is 0.0505. The first-order valence-electron chi connectivity index (χ1n) is 8.77. The van der Waals surface area contributed by atoms with E-state index in [4.69, 9.17) is 9.31 Å². The molecule has 7 heteroatoms. The third-order valence-electron chi connectivity index (χ3n) is 5.20. The van der Waals surface area contributed by atoms with E-state index in [0.717, 1.165) is 11.0 Å². The van der Waals surface area contributed by atoms with Gasteiger partial charge in [-0.05, 0) is 53.5 Å². The standard InChI is InChI=1S/C18H27BN2O4/c1-16(2,23)11-21-14(22)8-7-12-9-13(10-20-15(12)21)19-24-17(3,4)18(5,6)25-19/h9-10,23H,7-8,11H2,1-6H3. The number of amides is 1. The van der Waals surface area contributed by atoms with Crippen LogP contribution in [-0.4, -0.2) is 46.5 Å². The number of carbonyl (C=O) groups excluding carboxylic acids is 1. The Bertz CT molecular complexity index is 681. The molecule has 3 rings (SSSR count). The highest BCUT2D eigenvalue weighted by Gasteiger charge is 2.52. The maximum absolute atomic E-state index is 12.3. The first kappa shape index (κ1) is 18.4. The molecular formula is C18H27BN2O4. The Morgan fingerprint density at radius 2 is 1.84 bits per heavy atom. The number of β-amino-alcohol motifs (C(OH)–C–C–N with tert-alkyl or cyclic N) is 1. The quantitative estimate of drug-likeness (QED) is 0.839. The topological polar surface area (TPSA) is 71.9 Å². The lowest BCUT2D eigenvalue weighted by atomic mass is 9.79. The fourth-order valence-electron chi connectivity index (χ4n) is 3.10. The van der Waals surface area contributed by atoms with Crippen LogP contribution < -0.4 is 10.4 Å². The molecule has 25 heavy (non-hydrogen) atoms. The molecule has 3 heterocycles. The zero-order chi connectivity index (χ0) is 18.6. The Morgan fingerprint density at radius 1 is 1.24 bits per heavy atom. The average molecular weight is 346 g/mol. The second-order valence-corrected chi connectivity index (χ2v) is 8.63. The van der Waals surface area contributed by atoms with Crippen LogP contribution in [0.5, 0.6) is 0 Å². The van der Waals surface area contributed by atoms with Crippen LogP contribution in [0.1, 0.15) is 53.5 Å². The zero-order valence-corrected chi connectivity index (χ0v) is 15.9. The number of aryl methyl sites for hydroxylation is 1. The monoisotopic (exact) mass is 346 g/mol. The second kappa shape index (κ2) is 5.79. The van der Waals surface area contributed by atoms with E-state index < -0.39 is 23.9 Å². The van der Waals surface area contributed by atoms with Gasteiger partial charge in [-0.3, -0.25) is 9.69 Å². The fraction of sp³-hybridized carbons (Fsp3) is 0.667. The van der Waals surface area contributed by atoms with E-state index in [1.54, 1.807) is 24.9 Å². The number of hydrogen-bond acceptors (Lipinski definition) is 5. The van der Waals surface area contributed by atoms with Gasteiger partial charge >= 0.3 is 7.12 Å². The molecule has 1 fully saturated rings. The van der Waals surface area contributed by atoms with Gasteiger partial charge in [0.2, 0.25) is 5.91 Å². The van der Waals surface area contributed by atoms with Gasteiger partial charge < -0.3 is 14.4 Å². The Labute approximate surface area is 149 Å². The maximum Gasteiger partial charge on any atom is 0.496 e. The van der Waals surface area contributed by atoms with Crippen molar-refractivity contribution in [3.05, 3.63) is 17.8 Å². The molecule has 0 spiro atoms. The van der Waals surface area contributed by atoms with Gasteiger partial charge in [0.15, 0.2) is 0 Å². The number of aliphatic hydroxyl groups is 1. The molecule has 6 nitrogen and oxygen atoms in total. The molecule has 2 aliphatic rings. The minimum absolute atomic E-state index is 0.00879. The number of hydrogen-bond donors (Lipinski definition) is 1. The summed E-state index contributed by atoms with van der Waals surface area (Å²) in [7, 11) is -0.469. The van der Waals surface area contributed by atoms with Crippen LogP contribution in [0.4, 0.5) is 5.82 Å². The highest BCUT2D eigenvalue weighted by atomic mass is 16.7. The third kappa shape index (κ3) is 3.45. The van der Waals surface area contributed by atoms with Gasteiger partial charge in [0.25, 0.3) is 0 Å². The Morgan fingerprint density at radius 3 is 2.40 bits per heavy atom. The largest absolute Gasteiger partial charge is 0.496 e. The summed E-state index contributed by atoms with van der Waals surface area (Å²) in [4.78, 5) is 18.4. The van der Waals surface area contributed by atoms with Crippen molar-refractivity contribution in [2.24, 2.45) is 0 Å². The van der Waals surface area contributed by atoms with Crippen LogP contribution in [0.25, 0.3) is 0 Å². The molecule has 0 unspecified atom stereocenters. The SMILES string of the molecule is CC(C)(O)CN1C(=O)CCc2cc(B3OC(C)(C)C(C)(C)O3)cnc21. The normalized spacial score (nSPS) is 22.3. The molecular weight excluding hydrogens is 319 g/mol. The molecule has 2 aliphatic heterocycles. The molecule has 0 radical (unpaired) electrons. The summed E-state index contributed by atoms with van der Waals surface area (Å²) in [6, 6.07) is 2.01. The van der Waals surface area contributed by atoms with Gasteiger partial charge in [-0.1, -0.05) is 6.07 Å². The van der Waals surface area contributed by atoms with Gasteiger partial charge in [-0.25, -0.2) is 4.98 Å². The van der Waals surface area contributed by atoms with Crippen LogP contribution in [0.2, 0.25) is 0 Å². The molecule has 0 bridgehead atoms. The molecule has 1 amide bonds. The molecule has 0 aromatic carbocycles. The first-order chi connectivity index (χ1) is 11.4. The van der Waals surface area contributed by atoms with Gasteiger partial charge in [-0.15, -0.1) is 0 Å². The predicted octanol–water partition coefficient (Wildman–Crippen LogP) is 1.43. The lowest BCUT2D eigenvalue weighted by Crippen LogP contribution is -2.46. The van der Waals surface area contributed by atoms with Gasteiger partial charge in [0.1, 0.15) is 5.82 Å². The molecule has 1 aromatic heterocycles. The van der Waals surface area contributed by atoms with Crippen molar-refractivity contribution >= 4 is 24.3 Å². The molecule has 136 valence electrons. The third-order valence-corrected chi connectivity index (χ3v) is 5.20. The van der Waals surface area contributed by atoms with E-state index in [1.165, 1.54) is 0 Å². The van der Waals surface area contributed by atoms with Crippen LogP contribution >= 0.6 is 0 Å². The summed E-state index contributed by atoms with van der Waals surface area (Å²) in [5.74, 6) is 0.615. The molecule has 0 atom stereocenters. The van der Waals surface area contributed by atoms with E-state index in [0.29, 0.717) is 18.7 Å². The zero-order valence-electron chi connectivity index (χ0n) is 15.9. The number of nitrogens with zero attached hydrogens (tertiary/aromatic N) is 2. The number of aromatic nitrogens is 1. The van der Waals surface area contributed by atoms with Crippen molar-refractivity contribution in [1.29, 1.82) is 0 Å². The van der Waals surface area contributed by atoms with E-state index >= 15 is 0 Å². The lowest BCUT2D eigenvalue weighted by molar-refractivity contribution is -0.119. The summed E-state index contributed by atoms with van der Waals surface area (Å²) in [6.07, 6.45) is 2.76. The number of carbonyl (C=O) groups is 1. The van der Waals surface area contributed by atoms with Crippen LogP contribution in [0.3, 0.4) is 0 Å². The molecule has 1 N–H and O–H groups in total. The highest BCUT2D eigenvalue weighted by Crippen LogP contribution is 2.37. The fourth-order valence-corrected chi connectivity index (χ4v) is 3.10. The smallest absolute Gasteiger partial charge is 0.399 e. The van der Waals surface area contributed by atoms with Crippen LogP contribution in [0.15, 0.2) is 12.3 Å². The number of anilines is 1. The van der Waals surface area contributed by atoms with Crippen molar-refractivity contribution in [1.82, 2.24) is 4.98 Å². The number of rotatable bonds is 3. The maximum atomic E-state index is 12.3. The van der Waals surface area contributed by atoms with Gasteiger partial charge in [-0.2, -0.15) is 0 Å². The Hall–Kier alpha value is -1.44. The highest BCUT2D eigenvalue weighted by molar-refractivity contribution is 6.62. The summed E-state index contributed by atoms with van der Waals surface area (Å²) >= 11 is 0. The minimum atomic E-state index is -0.976. The predicted molar refractivity (Wildman–Crippen MR) is 96.9 cm³/mol. The van der Waals surface area contributed by atoms with Crippen molar-refractivity contribution in [3.8, 4) is 0 Å². The summed E-state index contributed by atoms with van der Waals surface area (Å²) in [5, 5.41) is 10.1. The van der Waals surface area contributed by atoms with Crippen molar-refractivity contribution in [2.45, 2.75) is 71.2 Å². The van der Waals surface area contributed by atoms with Crippen LogP contribution in [0, 0.1) is 0 Å². The number of fused-ring (bicyclic) bond motifs is 1. The van der Waals surface area contributed by atoms with Crippen molar-refractivity contribution in [2.75, 3.05) is 11.4 Å². The van der Waals surface area contributed by atoms with E-state index in [1.807, 2.05) is 33.8 Å². The summed E-state index contributed by atoms with van der Waals surface area (Å²) < 4.78 is 12.2. The lowest BCUT2D eigenvalue weighted by Gasteiger charge is -2.32.